The van der Waals surface area contributed by atoms with Gasteiger partial charge < -0.3 is 9.47 Å². The van der Waals surface area contributed by atoms with Crippen molar-refractivity contribution in [2.24, 2.45) is 11.8 Å². The van der Waals surface area contributed by atoms with Crippen LogP contribution in [0.2, 0.25) is 0 Å². The third kappa shape index (κ3) is 3.92. The lowest BCUT2D eigenvalue weighted by Gasteiger charge is -2.43. The number of carbonyl (C=O) groups excluding carboxylic acids is 2. The second kappa shape index (κ2) is 7.82. The van der Waals surface area contributed by atoms with E-state index in [9.17, 15) is 9.59 Å². The summed E-state index contributed by atoms with van der Waals surface area (Å²) in [5, 5.41) is 8.64. The minimum atomic E-state index is -0.612. The number of nitriles is 1. The van der Waals surface area contributed by atoms with Crippen LogP contribution in [0.4, 0.5) is 4.79 Å². The van der Waals surface area contributed by atoms with Crippen molar-refractivity contribution in [3.8, 4) is 6.07 Å². The maximum absolute atomic E-state index is 12.2. The predicted molar refractivity (Wildman–Crippen MR) is 83.2 cm³/mol. The molecule has 0 unspecified atom stereocenters. The molecule has 1 fully saturated rings. The molecule has 124 valence electrons. The fourth-order valence-corrected chi connectivity index (χ4v) is 3.38. The Kier molecular flexibility index (Phi) is 5.80. The van der Waals surface area contributed by atoms with Gasteiger partial charge in [0.2, 0.25) is 0 Å². The molecule has 6 nitrogen and oxygen atoms in total. The third-order valence-corrected chi connectivity index (χ3v) is 4.48. The van der Waals surface area contributed by atoms with Crippen LogP contribution < -0.4 is 0 Å². The van der Waals surface area contributed by atoms with Crippen molar-refractivity contribution >= 4 is 12.1 Å². The van der Waals surface area contributed by atoms with Gasteiger partial charge in [-0.3, -0.25) is 4.90 Å². The van der Waals surface area contributed by atoms with Crippen LogP contribution in [0.15, 0.2) is 23.8 Å². The number of hydrogen-bond acceptors (Lipinski definition) is 5. The van der Waals surface area contributed by atoms with Gasteiger partial charge in [0.15, 0.2) is 0 Å². The molecule has 1 aliphatic carbocycles. The summed E-state index contributed by atoms with van der Waals surface area (Å²) in [6.45, 7) is 2.52. The number of hydrogen-bond donors (Lipinski definition) is 0. The van der Waals surface area contributed by atoms with E-state index in [1.807, 2.05) is 12.1 Å². The highest BCUT2D eigenvalue weighted by Crippen LogP contribution is 2.38. The molecule has 23 heavy (non-hydrogen) atoms. The quantitative estimate of drug-likeness (QED) is 0.590. The number of esters is 1. The normalized spacial score (nSPS) is 26.9. The highest BCUT2D eigenvalue weighted by atomic mass is 16.6. The lowest BCUT2D eigenvalue weighted by Crippen LogP contribution is -2.54. The second-order valence-electron chi connectivity index (χ2n) is 5.79. The molecule has 0 aromatic carbocycles. The molecule has 1 saturated heterocycles. The summed E-state index contributed by atoms with van der Waals surface area (Å²) in [7, 11) is 1.32. The zero-order valence-electron chi connectivity index (χ0n) is 13.5. The zero-order chi connectivity index (χ0) is 16.8. The molecular formula is C17H22N2O4. The van der Waals surface area contributed by atoms with E-state index in [0.717, 1.165) is 18.4 Å². The smallest absolute Gasteiger partial charge is 0.410 e. The highest BCUT2D eigenvalue weighted by molar-refractivity contribution is 5.81. The topological polar surface area (TPSA) is 79.6 Å². The summed E-state index contributed by atoms with van der Waals surface area (Å²) in [5.74, 6) is 0.126. The summed E-state index contributed by atoms with van der Waals surface area (Å²) in [4.78, 5) is 25.7. The molecule has 0 spiro atoms. The van der Waals surface area contributed by atoms with Crippen LogP contribution in [-0.2, 0) is 14.3 Å². The molecule has 2 rings (SSSR count). The zero-order valence-corrected chi connectivity index (χ0v) is 13.5. The van der Waals surface area contributed by atoms with Crippen molar-refractivity contribution in [1.82, 2.24) is 4.90 Å². The van der Waals surface area contributed by atoms with Gasteiger partial charge in [0, 0.05) is 12.6 Å². The molecule has 0 radical (unpaired) electrons. The summed E-state index contributed by atoms with van der Waals surface area (Å²) in [6, 6.07) is 1.38. The molecular weight excluding hydrogens is 296 g/mol. The number of amides is 1. The van der Waals surface area contributed by atoms with Crippen LogP contribution in [0.3, 0.4) is 0 Å². The van der Waals surface area contributed by atoms with Crippen molar-refractivity contribution in [3.05, 3.63) is 23.8 Å². The van der Waals surface area contributed by atoms with Gasteiger partial charge in [0.25, 0.3) is 0 Å². The van der Waals surface area contributed by atoms with Crippen LogP contribution in [-0.4, -0.2) is 43.3 Å². The minimum absolute atomic E-state index is 0.206. The fourth-order valence-electron chi connectivity index (χ4n) is 3.38. The highest BCUT2D eigenvalue weighted by Gasteiger charge is 2.42. The van der Waals surface area contributed by atoms with Crippen LogP contribution >= 0.6 is 0 Å². The molecule has 0 saturated carbocycles. The van der Waals surface area contributed by atoms with Gasteiger partial charge in [-0.25, -0.2) is 9.59 Å². The number of rotatable bonds is 3. The van der Waals surface area contributed by atoms with Crippen LogP contribution in [0.5, 0.6) is 0 Å². The number of ether oxygens (including phenoxy) is 2. The Bertz CT molecular complexity index is 561. The summed E-state index contributed by atoms with van der Waals surface area (Å²) in [5.41, 5.74) is 1.11. The Hall–Kier alpha value is -2.29. The van der Waals surface area contributed by atoms with Crippen LogP contribution in [0.1, 0.15) is 26.2 Å². The molecule has 1 heterocycles. The number of nitrogens with zero attached hydrogens (tertiary/aromatic N) is 2. The van der Waals surface area contributed by atoms with Crippen molar-refractivity contribution in [2.45, 2.75) is 32.2 Å². The molecule has 0 bridgehead atoms. The van der Waals surface area contributed by atoms with E-state index >= 15 is 0 Å². The third-order valence-electron chi connectivity index (χ3n) is 4.48. The maximum atomic E-state index is 12.2. The Morgan fingerprint density at radius 1 is 1.52 bits per heavy atom. The van der Waals surface area contributed by atoms with Gasteiger partial charge in [0.05, 0.1) is 19.8 Å². The van der Waals surface area contributed by atoms with Gasteiger partial charge in [0.1, 0.15) is 6.04 Å². The molecule has 2 aliphatic rings. The Balaban J connectivity index is 2.20. The number of piperidine rings is 1. The van der Waals surface area contributed by atoms with Crippen LogP contribution in [0, 0.1) is 23.2 Å². The van der Waals surface area contributed by atoms with E-state index in [1.165, 1.54) is 18.1 Å². The summed E-state index contributed by atoms with van der Waals surface area (Å²) >= 11 is 0. The first-order valence-corrected chi connectivity index (χ1v) is 7.88. The molecule has 0 N–H and O–H groups in total. The maximum Gasteiger partial charge on any atom is 0.410 e. The number of carbonyl (C=O) groups is 2. The van der Waals surface area contributed by atoms with Gasteiger partial charge >= 0.3 is 12.1 Å². The lowest BCUT2D eigenvalue weighted by atomic mass is 9.74. The summed E-state index contributed by atoms with van der Waals surface area (Å²) < 4.78 is 9.93. The largest absolute Gasteiger partial charge is 0.464 e. The van der Waals surface area contributed by atoms with E-state index in [4.69, 9.17) is 14.7 Å². The first-order chi connectivity index (χ1) is 11.1. The Morgan fingerprint density at radius 2 is 2.30 bits per heavy atom. The van der Waals surface area contributed by atoms with Crippen molar-refractivity contribution in [3.63, 3.8) is 0 Å². The molecule has 1 aliphatic heterocycles. The van der Waals surface area contributed by atoms with E-state index in [2.05, 4.69) is 6.08 Å². The molecule has 3 atom stereocenters. The Morgan fingerprint density at radius 3 is 2.96 bits per heavy atom. The lowest BCUT2D eigenvalue weighted by molar-refractivity contribution is -0.151. The predicted octanol–water partition coefficient (Wildman–Crippen LogP) is 2.42. The summed E-state index contributed by atoms with van der Waals surface area (Å²) in [6.07, 6.45) is 7.26. The average molecular weight is 318 g/mol. The van der Waals surface area contributed by atoms with Gasteiger partial charge in [-0.15, -0.1) is 0 Å². The average Bonchev–Trinajstić information content (AvgIpc) is 2.58. The fraction of sp³-hybridized carbons (Fsp3) is 0.588. The van der Waals surface area contributed by atoms with Crippen LogP contribution in [0.25, 0.3) is 0 Å². The Labute approximate surface area is 136 Å². The van der Waals surface area contributed by atoms with E-state index < -0.39 is 12.1 Å². The number of methoxy groups -OCH3 is 1. The molecule has 0 aromatic heterocycles. The molecule has 6 heteroatoms. The number of fused-ring (bicyclic) bond motifs is 1. The second-order valence-corrected chi connectivity index (χ2v) is 5.79. The standard InChI is InChI=1S/C17H22N2O4/c1-3-23-16(20)15-10-14-9-12(5-4-8-18)6-7-13(14)11-19(15)17(21)22-2/h4-5,9,13-15H,3,6-7,10-11H2,1-2H3/b5-4+/t13-,14-,15+/m1/s1. The molecule has 1 amide bonds. The van der Waals surface area contributed by atoms with Gasteiger partial charge in [-0.2, -0.15) is 5.26 Å². The first-order valence-electron chi connectivity index (χ1n) is 7.88. The van der Waals surface area contributed by atoms with E-state index in [1.54, 1.807) is 6.92 Å². The van der Waals surface area contributed by atoms with E-state index in [-0.39, 0.29) is 18.5 Å². The minimum Gasteiger partial charge on any atom is -0.464 e. The number of allylic oxidation sites excluding steroid dienone is 4. The van der Waals surface area contributed by atoms with Gasteiger partial charge in [-0.05, 0) is 44.1 Å². The van der Waals surface area contributed by atoms with E-state index in [0.29, 0.717) is 18.9 Å². The number of likely N-dealkylation sites (tertiary alicyclic amines) is 1. The van der Waals surface area contributed by atoms with Gasteiger partial charge in [-0.1, -0.05) is 11.6 Å². The SMILES string of the molecule is CCOC(=O)[C@@H]1C[C@H]2C=C(/C=C/C#N)CC[C@@H]2CN1C(=O)OC. The van der Waals surface area contributed by atoms with Crippen molar-refractivity contribution in [1.29, 1.82) is 5.26 Å². The molecule has 0 aromatic rings. The van der Waals surface area contributed by atoms with Crippen molar-refractivity contribution < 1.29 is 19.1 Å². The van der Waals surface area contributed by atoms with Crippen molar-refractivity contribution in [2.75, 3.05) is 20.3 Å². The monoisotopic (exact) mass is 318 g/mol. The first kappa shape index (κ1) is 17.1.